The Bertz CT molecular complexity index is 1520. The van der Waals surface area contributed by atoms with E-state index in [2.05, 4.69) is 39.8 Å². The molecular weight excluding hydrogens is 728 g/mol. The van der Waals surface area contributed by atoms with Crippen LogP contribution in [0.3, 0.4) is 0 Å². The van der Waals surface area contributed by atoms with Crippen LogP contribution in [0.25, 0.3) is 0 Å². The van der Waals surface area contributed by atoms with Crippen LogP contribution in [0, 0.1) is 44.3 Å². The highest BCUT2D eigenvalue weighted by molar-refractivity contribution is 5.47. The third-order valence-electron chi connectivity index (χ3n) is 17.1. The summed E-state index contributed by atoms with van der Waals surface area (Å²) in [6, 6.07) is 0. The topological polar surface area (TPSA) is 239 Å². The standard InChI is InChI=1S/C42H68O14/c1-21-29(48)34(56-35-32(51)31(50)30(49)24(17-43)54-35)33(52)36(53-21)55-28-10-11-38(3)25(39(28,4)19-45)9-12-40(5)26(38)8-7-22-23-15-37(2,18-44)13-14-42(23,20-46)27(47)16-41(22,40)6/h7-8,21,24-36,43-52H,9-20H2,1-6H3. The summed E-state index contributed by atoms with van der Waals surface area (Å²) in [7, 11) is 0. The van der Waals surface area contributed by atoms with Gasteiger partial charge in [-0.3, -0.25) is 0 Å². The van der Waals surface area contributed by atoms with E-state index >= 15 is 0 Å². The minimum Gasteiger partial charge on any atom is -0.396 e. The van der Waals surface area contributed by atoms with Gasteiger partial charge in [0.15, 0.2) is 12.6 Å². The highest BCUT2D eigenvalue weighted by Gasteiger charge is 2.69. The summed E-state index contributed by atoms with van der Waals surface area (Å²) < 4.78 is 24.0. The lowest BCUT2D eigenvalue weighted by Gasteiger charge is -2.70. The number of hydrogen-bond acceptors (Lipinski definition) is 14. The fourth-order valence-corrected chi connectivity index (χ4v) is 13.1. The summed E-state index contributed by atoms with van der Waals surface area (Å²) >= 11 is 0. The smallest absolute Gasteiger partial charge is 0.187 e. The molecule has 0 amide bonds. The minimum atomic E-state index is -1.74. The molecule has 7 rings (SSSR count). The molecule has 0 bridgehead atoms. The van der Waals surface area contributed by atoms with Crippen LogP contribution in [0.5, 0.6) is 0 Å². The molecule has 14 nitrogen and oxygen atoms in total. The Morgan fingerprint density at radius 2 is 1.43 bits per heavy atom. The Kier molecular flexibility index (Phi) is 11.4. The van der Waals surface area contributed by atoms with Gasteiger partial charge in [-0.2, -0.15) is 0 Å². The van der Waals surface area contributed by atoms with E-state index < -0.39 is 96.5 Å². The van der Waals surface area contributed by atoms with Crippen molar-refractivity contribution in [3.63, 3.8) is 0 Å². The third kappa shape index (κ3) is 6.10. The van der Waals surface area contributed by atoms with Gasteiger partial charge in [-0.1, -0.05) is 52.3 Å². The predicted molar refractivity (Wildman–Crippen MR) is 200 cm³/mol. The molecule has 0 spiro atoms. The van der Waals surface area contributed by atoms with Gasteiger partial charge >= 0.3 is 0 Å². The highest BCUT2D eigenvalue weighted by Crippen LogP contribution is 2.74. The van der Waals surface area contributed by atoms with Crippen molar-refractivity contribution >= 4 is 0 Å². The molecule has 5 fully saturated rings. The molecule has 10 N–H and O–H groups in total. The zero-order valence-electron chi connectivity index (χ0n) is 33.8. The average molecular weight is 797 g/mol. The van der Waals surface area contributed by atoms with Crippen molar-refractivity contribution in [2.75, 3.05) is 26.4 Å². The van der Waals surface area contributed by atoms with Gasteiger partial charge in [0.05, 0.1) is 38.1 Å². The molecule has 7 aliphatic rings. The molecule has 56 heavy (non-hydrogen) atoms. The van der Waals surface area contributed by atoms with Crippen LogP contribution < -0.4 is 0 Å². The lowest BCUT2D eigenvalue weighted by atomic mass is 9.35. The first-order valence-corrected chi connectivity index (χ1v) is 20.8. The molecule has 0 aromatic heterocycles. The molecular formula is C42H68O14. The van der Waals surface area contributed by atoms with E-state index in [1.54, 1.807) is 6.92 Å². The maximum absolute atomic E-state index is 12.0. The lowest BCUT2D eigenvalue weighted by molar-refractivity contribution is -0.367. The predicted octanol–water partition coefficient (Wildman–Crippen LogP) is 0.653. The van der Waals surface area contributed by atoms with Crippen LogP contribution in [-0.4, -0.2) is 151 Å². The summed E-state index contributed by atoms with van der Waals surface area (Å²) in [6.07, 6.45) is -5.79. The number of aliphatic hydroxyl groups excluding tert-OH is 10. The van der Waals surface area contributed by atoms with E-state index in [-0.39, 0.29) is 47.9 Å². The van der Waals surface area contributed by atoms with Crippen molar-refractivity contribution in [1.29, 1.82) is 0 Å². The number of rotatable bonds is 8. The van der Waals surface area contributed by atoms with Crippen molar-refractivity contribution in [2.24, 2.45) is 44.3 Å². The maximum atomic E-state index is 12.0. The molecule has 2 heterocycles. The van der Waals surface area contributed by atoms with E-state index in [0.29, 0.717) is 25.7 Å². The normalized spacial score (nSPS) is 55.9. The fourth-order valence-electron chi connectivity index (χ4n) is 13.1. The monoisotopic (exact) mass is 796 g/mol. The van der Waals surface area contributed by atoms with Crippen LogP contribution in [0.15, 0.2) is 23.3 Å². The molecule has 3 saturated carbocycles. The summed E-state index contributed by atoms with van der Waals surface area (Å²) in [5.41, 5.74) is -0.498. The van der Waals surface area contributed by atoms with Gasteiger partial charge in [0.2, 0.25) is 0 Å². The largest absolute Gasteiger partial charge is 0.396 e. The Balaban J connectivity index is 1.15. The van der Waals surface area contributed by atoms with E-state index in [9.17, 15) is 51.1 Å². The molecule has 320 valence electrons. The second-order valence-corrected chi connectivity index (χ2v) is 20.1. The van der Waals surface area contributed by atoms with Gasteiger partial charge in [-0.15, -0.1) is 0 Å². The van der Waals surface area contributed by atoms with Gasteiger partial charge < -0.3 is 70.0 Å². The quantitative estimate of drug-likeness (QED) is 0.152. The maximum Gasteiger partial charge on any atom is 0.187 e. The second-order valence-electron chi connectivity index (χ2n) is 20.1. The SMILES string of the molecule is CC1OC(OC2CCC3(C)C(CCC4(C)C3C=CC3=C5CC(C)(CO)CCC5(CO)C(O)CC34C)C2(C)CO)C(O)C(OC2OC(CO)C(O)C(O)C2O)C1O. The number of fused-ring (bicyclic) bond motifs is 6. The third-order valence-corrected chi connectivity index (χ3v) is 17.1. The Labute approximate surface area is 330 Å². The van der Waals surface area contributed by atoms with E-state index in [0.717, 1.165) is 31.3 Å². The number of hydrogen-bond donors (Lipinski definition) is 10. The Hall–Kier alpha value is -1.08. The molecule has 14 heteroatoms. The van der Waals surface area contributed by atoms with Crippen LogP contribution in [0.2, 0.25) is 0 Å². The summed E-state index contributed by atoms with van der Waals surface area (Å²) in [5.74, 6) is 0.0705. The van der Waals surface area contributed by atoms with Gasteiger partial charge in [-0.05, 0) is 91.9 Å². The first kappa shape index (κ1) is 43.0. The molecule has 5 aliphatic carbocycles. The first-order chi connectivity index (χ1) is 26.2. The van der Waals surface area contributed by atoms with Crippen molar-refractivity contribution in [2.45, 2.75) is 167 Å². The molecule has 0 radical (unpaired) electrons. The van der Waals surface area contributed by atoms with Crippen LogP contribution in [-0.2, 0) is 18.9 Å². The Morgan fingerprint density at radius 1 is 0.732 bits per heavy atom. The summed E-state index contributed by atoms with van der Waals surface area (Å²) in [4.78, 5) is 0. The van der Waals surface area contributed by atoms with Crippen molar-refractivity contribution in [3.8, 4) is 0 Å². The van der Waals surface area contributed by atoms with Gasteiger partial charge in [-0.25, -0.2) is 0 Å². The van der Waals surface area contributed by atoms with Crippen molar-refractivity contribution < 1.29 is 70.0 Å². The fraction of sp³-hybridized carbons (Fsp3) is 0.905. The van der Waals surface area contributed by atoms with Gasteiger partial charge in [0.1, 0.15) is 42.7 Å². The van der Waals surface area contributed by atoms with E-state index in [1.807, 2.05) is 6.92 Å². The van der Waals surface area contributed by atoms with E-state index in [4.69, 9.17) is 18.9 Å². The number of aliphatic hydroxyl groups is 10. The first-order valence-electron chi connectivity index (χ1n) is 20.8. The Morgan fingerprint density at radius 3 is 2.07 bits per heavy atom. The van der Waals surface area contributed by atoms with Crippen LogP contribution in [0.1, 0.15) is 92.9 Å². The molecule has 2 aliphatic heterocycles. The van der Waals surface area contributed by atoms with Gasteiger partial charge in [0.25, 0.3) is 0 Å². The summed E-state index contributed by atoms with van der Waals surface area (Å²) in [5, 5.41) is 108. The highest BCUT2D eigenvalue weighted by atomic mass is 16.7. The molecule has 0 aromatic carbocycles. The zero-order valence-corrected chi connectivity index (χ0v) is 33.8. The second kappa shape index (κ2) is 14.8. The number of ether oxygens (including phenoxy) is 4. The van der Waals surface area contributed by atoms with Crippen molar-refractivity contribution in [3.05, 3.63) is 23.3 Å². The van der Waals surface area contributed by atoms with E-state index in [1.165, 1.54) is 5.57 Å². The van der Waals surface area contributed by atoms with Crippen LogP contribution in [0.4, 0.5) is 0 Å². The number of allylic oxidation sites excluding steroid dienone is 3. The zero-order chi connectivity index (χ0) is 41.0. The minimum absolute atomic E-state index is 0.0124. The van der Waals surface area contributed by atoms with Gasteiger partial charge in [0, 0.05) is 22.9 Å². The average Bonchev–Trinajstić information content (AvgIpc) is 3.17. The van der Waals surface area contributed by atoms with Crippen molar-refractivity contribution in [1.82, 2.24) is 0 Å². The molecule has 20 atom stereocenters. The summed E-state index contributed by atoms with van der Waals surface area (Å²) in [6.45, 7) is 11.7. The molecule has 2 saturated heterocycles. The lowest BCUT2D eigenvalue weighted by Crippen LogP contribution is -2.67. The molecule has 0 aromatic rings. The molecule has 20 unspecified atom stereocenters. The van der Waals surface area contributed by atoms with Crippen LogP contribution >= 0.6 is 0 Å².